The van der Waals surface area contributed by atoms with Crippen molar-refractivity contribution in [3.05, 3.63) is 35.3 Å². The summed E-state index contributed by atoms with van der Waals surface area (Å²) >= 11 is 0. The molecule has 100 valence electrons. The minimum Gasteiger partial charge on any atom is -0.478 e. The van der Waals surface area contributed by atoms with Gasteiger partial charge >= 0.3 is 5.97 Å². The number of pyridine rings is 1. The largest absolute Gasteiger partial charge is 0.478 e. The van der Waals surface area contributed by atoms with Crippen molar-refractivity contribution in [2.75, 3.05) is 11.1 Å². The molecule has 0 radical (unpaired) electrons. The number of hydrogen-bond acceptors (Lipinski definition) is 5. The summed E-state index contributed by atoms with van der Waals surface area (Å²) in [4.78, 5) is 15.0. The van der Waals surface area contributed by atoms with Crippen LogP contribution in [0.4, 0.5) is 11.5 Å². The van der Waals surface area contributed by atoms with Crippen molar-refractivity contribution in [2.45, 2.75) is 13.5 Å². The first-order valence-corrected chi connectivity index (χ1v) is 5.70. The molecule has 0 atom stereocenters. The normalized spacial score (nSPS) is 10.4. The molecule has 0 aromatic carbocycles. The molecule has 2 aromatic heterocycles. The number of carbonyl (C=O) groups is 1. The number of hydrogen-bond donors (Lipinski definition) is 3. The first-order valence-electron chi connectivity index (χ1n) is 5.70. The Balaban J connectivity index is 2.18. The van der Waals surface area contributed by atoms with Crippen LogP contribution in [0.2, 0.25) is 0 Å². The van der Waals surface area contributed by atoms with Crippen LogP contribution in [0.15, 0.2) is 18.5 Å². The van der Waals surface area contributed by atoms with E-state index in [1.165, 1.54) is 12.3 Å². The summed E-state index contributed by atoms with van der Waals surface area (Å²) in [5, 5.41) is 16.2. The van der Waals surface area contributed by atoms with E-state index in [1.807, 2.05) is 20.2 Å². The van der Waals surface area contributed by atoms with E-state index in [9.17, 15) is 4.79 Å². The number of nitrogens with one attached hydrogen (secondary N) is 1. The van der Waals surface area contributed by atoms with Gasteiger partial charge in [-0.05, 0) is 13.0 Å². The van der Waals surface area contributed by atoms with Crippen molar-refractivity contribution in [1.29, 1.82) is 0 Å². The molecule has 0 aliphatic heterocycles. The first-order chi connectivity index (χ1) is 8.99. The summed E-state index contributed by atoms with van der Waals surface area (Å²) in [5.74, 6) is -0.705. The Morgan fingerprint density at radius 2 is 2.32 bits per heavy atom. The number of aromatic carboxylic acids is 1. The molecular weight excluding hydrogens is 246 g/mol. The molecule has 0 amide bonds. The third kappa shape index (κ3) is 2.65. The fourth-order valence-electron chi connectivity index (χ4n) is 1.80. The van der Waals surface area contributed by atoms with Crippen LogP contribution in [0.3, 0.4) is 0 Å². The van der Waals surface area contributed by atoms with Gasteiger partial charge < -0.3 is 16.2 Å². The summed E-state index contributed by atoms with van der Waals surface area (Å²) < 4.78 is 1.72. The molecule has 2 rings (SSSR count). The number of nitrogens with two attached hydrogens (primary N) is 1. The van der Waals surface area contributed by atoms with E-state index >= 15 is 0 Å². The molecule has 0 bridgehead atoms. The molecule has 7 nitrogen and oxygen atoms in total. The maximum atomic E-state index is 11.0. The van der Waals surface area contributed by atoms with Gasteiger partial charge in [0.05, 0.1) is 16.9 Å². The molecule has 2 heterocycles. The second-order valence-corrected chi connectivity index (χ2v) is 4.19. The molecule has 0 unspecified atom stereocenters. The van der Waals surface area contributed by atoms with Gasteiger partial charge in [-0.1, -0.05) is 0 Å². The van der Waals surface area contributed by atoms with Gasteiger partial charge in [-0.3, -0.25) is 4.68 Å². The van der Waals surface area contributed by atoms with E-state index in [4.69, 9.17) is 10.8 Å². The Morgan fingerprint density at radius 3 is 2.89 bits per heavy atom. The van der Waals surface area contributed by atoms with Gasteiger partial charge in [0.25, 0.3) is 0 Å². The van der Waals surface area contributed by atoms with Gasteiger partial charge in [0.2, 0.25) is 0 Å². The summed E-state index contributed by atoms with van der Waals surface area (Å²) in [6.07, 6.45) is 3.30. The van der Waals surface area contributed by atoms with E-state index in [0.29, 0.717) is 12.4 Å². The monoisotopic (exact) mass is 261 g/mol. The molecule has 0 fully saturated rings. The van der Waals surface area contributed by atoms with Gasteiger partial charge in [-0.2, -0.15) is 5.10 Å². The van der Waals surface area contributed by atoms with Gasteiger partial charge in [0.15, 0.2) is 0 Å². The van der Waals surface area contributed by atoms with Crippen LogP contribution in [0.25, 0.3) is 0 Å². The average molecular weight is 261 g/mol. The van der Waals surface area contributed by atoms with Gasteiger partial charge in [-0.15, -0.1) is 0 Å². The average Bonchev–Trinajstić information content (AvgIpc) is 2.66. The van der Waals surface area contributed by atoms with E-state index in [1.54, 1.807) is 4.68 Å². The summed E-state index contributed by atoms with van der Waals surface area (Å²) in [6.45, 7) is 2.39. The zero-order valence-electron chi connectivity index (χ0n) is 10.7. The highest BCUT2D eigenvalue weighted by Gasteiger charge is 2.12. The second kappa shape index (κ2) is 4.97. The Labute approximate surface area is 110 Å². The first kappa shape index (κ1) is 12.9. The van der Waals surface area contributed by atoms with Crippen molar-refractivity contribution in [1.82, 2.24) is 14.8 Å². The van der Waals surface area contributed by atoms with Crippen LogP contribution >= 0.6 is 0 Å². The summed E-state index contributed by atoms with van der Waals surface area (Å²) in [7, 11) is 1.84. The number of carboxylic acids is 1. The number of aromatic nitrogens is 3. The van der Waals surface area contributed by atoms with Crippen molar-refractivity contribution >= 4 is 17.5 Å². The molecule has 7 heteroatoms. The lowest BCUT2D eigenvalue weighted by atomic mass is 10.2. The van der Waals surface area contributed by atoms with Crippen LogP contribution in [0, 0.1) is 6.92 Å². The second-order valence-electron chi connectivity index (χ2n) is 4.19. The minimum atomic E-state index is -1.07. The highest BCUT2D eigenvalue weighted by atomic mass is 16.4. The SMILES string of the molecule is Cc1nn(C)cc1CNc1nccc(C(=O)O)c1N. The third-order valence-corrected chi connectivity index (χ3v) is 2.78. The van der Waals surface area contributed by atoms with Gasteiger partial charge in [-0.25, -0.2) is 9.78 Å². The molecule has 0 spiro atoms. The van der Waals surface area contributed by atoms with Crippen LogP contribution in [0.5, 0.6) is 0 Å². The van der Waals surface area contributed by atoms with Crippen molar-refractivity contribution in [3.63, 3.8) is 0 Å². The molecule has 0 saturated heterocycles. The molecule has 0 aliphatic rings. The topological polar surface area (TPSA) is 106 Å². The number of rotatable bonds is 4. The van der Waals surface area contributed by atoms with E-state index in [-0.39, 0.29) is 11.3 Å². The van der Waals surface area contributed by atoms with Crippen LogP contribution in [-0.4, -0.2) is 25.8 Å². The highest BCUT2D eigenvalue weighted by molar-refractivity contribution is 5.96. The van der Waals surface area contributed by atoms with Crippen LogP contribution < -0.4 is 11.1 Å². The van der Waals surface area contributed by atoms with E-state index in [2.05, 4.69) is 15.4 Å². The predicted octanol–water partition coefficient (Wildman–Crippen LogP) is 1.02. The molecule has 4 N–H and O–H groups in total. The van der Waals surface area contributed by atoms with Crippen LogP contribution in [-0.2, 0) is 13.6 Å². The van der Waals surface area contributed by atoms with Crippen molar-refractivity contribution in [3.8, 4) is 0 Å². The lowest BCUT2D eigenvalue weighted by molar-refractivity contribution is 0.0698. The van der Waals surface area contributed by atoms with Gasteiger partial charge in [0.1, 0.15) is 5.82 Å². The standard InChI is InChI=1S/C12H15N5O2/c1-7-8(6-17(2)16-7)5-15-11-10(13)9(12(18)19)3-4-14-11/h3-4,6H,5,13H2,1-2H3,(H,14,15)(H,18,19). The Bertz CT molecular complexity index is 621. The molecule has 0 saturated carbocycles. The predicted molar refractivity (Wildman–Crippen MR) is 70.9 cm³/mol. The zero-order valence-corrected chi connectivity index (χ0v) is 10.7. The number of nitrogens with zero attached hydrogens (tertiary/aromatic N) is 3. The molecular formula is C12H15N5O2. The number of anilines is 2. The fraction of sp³-hybridized carbons (Fsp3) is 0.250. The van der Waals surface area contributed by atoms with Gasteiger partial charge in [0, 0.05) is 31.5 Å². The lowest BCUT2D eigenvalue weighted by Crippen LogP contribution is -2.09. The third-order valence-electron chi connectivity index (χ3n) is 2.78. The van der Waals surface area contributed by atoms with Crippen molar-refractivity contribution in [2.24, 2.45) is 7.05 Å². The maximum absolute atomic E-state index is 11.0. The van der Waals surface area contributed by atoms with Crippen LogP contribution in [0.1, 0.15) is 21.6 Å². The smallest absolute Gasteiger partial charge is 0.337 e. The minimum absolute atomic E-state index is 0.0420. The molecule has 19 heavy (non-hydrogen) atoms. The highest BCUT2D eigenvalue weighted by Crippen LogP contribution is 2.20. The van der Waals surface area contributed by atoms with Crippen molar-refractivity contribution < 1.29 is 9.90 Å². The maximum Gasteiger partial charge on any atom is 0.337 e. The Morgan fingerprint density at radius 1 is 1.58 bits per heavy atom. The molecule has 2 aromatic rings. The van der Waals surface area contributed by atoms with E-state index < -0.39 is 5.97 Å². The Hall–Kier alpha value is -2.57. The van der Waals surface area contributed by atoms with E-state index in [0.717, 1.165) is 11.3 Å². The lowest BCUT2D eigenvalue weighted by Gasteiger charge is -2.09. The summed E-state index contributed by atoms with van der Waals surface area (Å²) in [5.41, 5.74) is 7.85. The Kier molecular flexibility index (Phi) is 3.37. The quantitative estimate of drug-likeness (QED) is 0.758. The molecule has 0 aliphatic carbocycles. The number of aryl methyl sites for hydroxylation is 2. The number of nitrogen functional groups attached to an aromatic ring is 1. The zero-order chi connectivity index (χ0) is 14.0. The number of carboxylic acid groups (broad SMARTS) is 1. The fourth-order valence-corrected chi connectivity index (χ4v) is 1.80. The summed E-state index contributed by atoms with van der Waals surface area (Å²) in [6, 6.07) is 1.37.